The highest BCUT2D eigenvalue weighted by Gasteiger charge is 2.20. The van der Waals surface area contributed by atoms with E-state index >= 15 is 0 Å². The molecule has 28 heavy (non-hydrogen) atoms. The first-order valence-corrected chi connectivity index (χ1v) is 9.56. The first-order valence-electron chi connectivity index (χ1n) is 9.56. The van der Waals surface area contributed by atoms with Crippen molar-refractivity contribution in [2.75, 3.05) is 24.3 Å². The number of ether oxygens (including phenoxy) is 1. The number of rotatable bonds is 9. The van der Waals surface area contributed by atoms with Crippen LogP contribution in [0, 0.1) is 0 Å². The highest BCUT2D eigenvalue weighted by atomic mass is 16.5. The number of nitrogens with two attached hydrogens (primary N) is 1. The molecule has 7 heteroatoms. The maximum atomic E-state index is 9.79. The molecule has 0 unspecified atom stereocenters. The molecule has 7 nitrogen and oxygen atoms in total. The highest BCUT2D eigenvalue weighted by Crippen LogP contribution is 2.28. The summed E-state index contributed by atoms with van der Waals surface area (Å²) in [6, 6.07) is 11.9. The Balaban J connectivity index is 1.79. The molecule has 148 valence electrons. The van der Waals surface area contributed by atoms with Gasteiger partial charge in [-0.05, 0) is 18.6 Å². The molecule has 0 aliphatic carbocycles. The van der Waals surface area contributed by atoms with Gasteiger partial charge in [-0.1, -0.05) is 44.0 Å². The molecular weight excluding hydrogens is 354 g/mol. The van der Waals surface area contributed by atoms with Gasteiger partial charge in [0.1, 0.15) is 6.61 Å². The molecule has 3 rings (SSSR count). The third kappa shape index (κ3) is 4.67. The van der Waals surface area contributed by atoms with E-state index in [0.717, 1.165) is 35.9 Å². The number of para-hydroxylation sites is 1. The Morgan fingerprint density at radius 2 is 2.00 bits per heavy atom. The second-order valence-corrected chi connectivity index (χ2v) is 6.79. The molecule has 2 aromatic heterocycles. The second-order valence-electron chi connectivity index (χ2n) is 6.79. The summed E-state index contributed by atoms with van der Waals surface area (Å²) in [5.74, 6) is 1.26. The van der Waals surface area contributed by atoms with Crippen LogP contribution in [0.2, 0.25) is 0 Å². The van der Waals surface area contributed by atoms with Crippen LogP contribution in [0.4, 0.5) is 11.8 Å². The fourth-order valence-corrected chi connectivity index (χ4v) is 3.09. The Hall–Kier alpha value is -2.93. The Kier molecular flexibility index (Phi) is 6.60. The molecule has 0 saturated heterocycles. The molecule has 0 aliphatic heterocycles. The van der Waals surface area contributed by atoms with Gasteiger partial charge in [0, 0.05) is 12.4 Å². The zero-order valence-electron chi connectivity index (χ0n) is 16.4. The summed E-state index contributed by atoms with van der Waals surface area (Å²) in [4.78, 5) is 15.0. The van der Waals surface area contributed by atoms with E-state index in [2.05, 4.69) is 21.9 Å². The zero-order valence-corrected chi connectivity index (χ0v) is 16.4. The maximum Gasteiger partial charge on any atom is 0.222 e. The van der Waals surface area contributed by atoms with Crippen LogP contribution in [0.3, 0.4) is 0 Å². The van der Waals surface area contributed by atoms with Crippen LogP contribution in [0.5, 0.6) is 5.75 Å². The molecule has 0 amide bonds. The van der Waals surface area contributed by atoms with Crippen molar-refractivity contribution in [2.45, 2.75) is 38.8 Å². The molecule has 1 aromatic carbocycles. The van der Waals surface area contributed by atoms with Crippen LogP contribution in [0.15, 0.2) is 42.6 Å². The number of hydrogen-bond acceptors (Lipinski definition) is 7. The quantitative estimate of drug-likeness (QED) is 0.587. The number of likely N-dealkylation sites (N-methyl/N-ethyl adjacent to an activating group) is 1. The van der Waals surface area contributed by atoms with E-state index < -0.39 is 0 Å². The van der Waals surface area contributed by atoms with Crippen LogP contribution in [-0.2, 0) is 6.61 Å². The first kappa shape index (κ1) is 19.8. The molecule has 3 N–H and O–H groups in total. The van der Waals surface area contributed by atoms with Crippen molar-refractivity contribution < 1.29 is 9.84 Å². The van der Waals surface area contributed by atoms with Crippen molar-refractivity contribution in [1.29, 1.82) is 0 Å². The van der Waals surface area contributed by atoms with Crippen molar-refractivity contribution in [3.63, 3.8) is 0 Å². The lowest BCUT2D eigenvalue weighted by molar-refractivity contribution is 0.251. The summed E-state index contributed by atoms with van der Waals surface area (Å²) in [7, 11) is 1.89. The number of nitrogens with zero attached hydrogens (tertiary/aromatic N) is 4. The SMILES string of the molecule is CCCC[C@@H](CO)N(C)c1nc(N)ncc1OCc1ccc2ccccc2n1. The highest BCUT2D eigenvalue weighted by molar-refractivity contribution is 5.78. The van der Waals surface area contributed by atoms with E-state index in [1.165, 1.54) is 0 Å². The minimum atomic E-state index is -0.0598. The third-order valence-corrected chi connectivity index (χ3v) is 4.77. The molecule has 0 fully saturated rings. The van der Waals surface area contributed by atoms with E-state index in [1.807, 2.05) is 48.3 Å². The number of aromatic nitrogens is 3. The van der Waals surface area contributed by atoms with Crippen LogP contribution < -0.4 is 15.4 Å². The summed E-state index contributed by atoms with van der Waals surface area (Å²) >= 11 is 0. The number of aliphatic hydroxyl groups excluding tert-OH is 1. The van der Waals surface area contributed by atoms with Crippen molar-refractivity contribution in [3.05, 3.63) is 48.3 Å². The smallest absolute Gasteiger partial charge is 0.222 e. The largest absolute Gasteiger partial charge is 0.482 e. The van der Waals surface area contributed by atoms with E-state index in [-0.39, 0.29) is 25.2 Å². The Bertz CT molecular complexity index is 918. The Morgan fingerprint density at radius 1 is 1.18 bits per heavy atom. The van der Waals surface area contributed by atoms with Gasteiger partial charge in [-0.15, -0.1) is 0 Å². The number of fused-ring (bicyclic) bond motifs is 1. The second kappa shape index (κ2) is 9.32. The average Bonchev–Trinajstić information content (AvgIpc) is 2.73. The predicted octanol–water partition coefficient (Wildman–Crippen LogP) is 3.17. The van der Waals surface area contributed by atoms with Crippen LogP contribution in [-0.4, -0.2) is 39.8 Å². The van der Waals surface area contributed by atoms with Gasteiger partial charge in [0.05, 0.1) is 30.1 Å². The summed E-state index contributed by atoms with van der Waals surface area (Å²) < 4.78 is 5.98. The number of unbranched alkanes of at least 4 members (excludes halogenated alkanes) is 1. The average molecular weight is 381 g/mol. The normalized spacial score (nSPS) is 12.1. The summed E-state index contributed by atoms with van der Waals surface area (Å²) in [6.07, 6.45) is 4.52. The third-order valence-electron chi connectivity index (χ3n) is 4.77. The molecule has 0 aliphatic rings. The van der Waals surface area contributed by atoms with Crippen molar-refractivity contribution >= 4 is 22.7 Å². The Morgan fingerprint density at radius 3 is 2.79 bits per heavy atom. The van der Waals surface area contributed by atoms with E-state index in [9.17, 15) is 5.11 Å². The minimum absolute atomic E-state index is 0.0338. The summed E-state index contributed by atoms with van der Waals surface area (Å²) in [6.45, 7) is 2.45. The van der Waals surface area contributed by atoms with Crippen molar-refractivity contribution in [3.8, 4) is 5.75 Å². The zero-order chi connectivity index (χ0) is 19.9. The number of pyridine rings is 1. The van der Waals surface area contributed by atoms with Crippen LogP contribution in [0.25, 0.3) is 10.9 Å². The topological polar surface area (TPSA) is 97.4 Å². The lowest BCUT2D eigenvalue weighted by Gasteiger charge is -2.28. The van der Waals surface area contributed by atoms with Gasteiger partial charge >= 0.3 is 0 Å². The molecule has 0 saturated carbocycles. The fraction of sp³-hybridized carbons (Fsp3) is 0.381. The number of nitrogen functional groups attached to an aromatic ring is 1. The molecule has 0 radical (unpaired) electrons. The van der Waals surface area contributed by atoms with Gasteiger partial charge in [0.25, 0.3) is 0 Å². The van der Waals surface area contributed by atoms with Gasteiger partial charge in [0.2, 0.25) is 5.95 Å². The van der Waals surface area contributed by atoms with Gasteiger partial charge in [0.15, 0.2) is 11.6 Å². The molecule has 2 heterocycles. The number of aliphatic hydroxyl groups is 1. The van der Waals surface area contributed by atoms with E-state index in [4.69, 9.17) is 10.5 Å². The minimum Gasteiger partial charge on any atom is -0.482 e. The predicted molar refractivity (Wildman–Crippen MR) is 111 cm³/mol. The van der Waals surface area contributed by atoms with Gasteiger partial charge in [-0.25, -0.2) is 9.97 Å². The number of hydrogen-bond donors (Lipinski definition) is 2. The van der Waals surface area contributed by atoms with Crippen LogP contribution in [0.1, 0.15) is 31.9 Å². The lowest BCUT2D eigenvalue weighted by atomic mass is 10.1. The summed E-state index contributed by atoms with van der Waals surface area (Å²) in [5, 5.41) is 10.9. The van der Waals surface area contributed by atoms with Crippen LogP contribution >= 0.6 is 0 Å². The fourth-order valence-electron chi connectivity index (χ4n) is 3.09. The van der Waals surface area contributed by atoms with Gasteiger partial charge < -0.3 is 20.5 Å². The van der Waals surface area contributed by atoms with Gasteiger partial charge in [-0.3, -0.25) is 0 Å². The van der Waals surface area contributed by atoms with Gasteiger partial charge in [-0.2, -0.15) is 4.98 Å². The van der Waals surface area contributed by atoms with E-state index in [0.29, 0.717) is 11.6 Å². The molecule has 1 atom stereocenters. The van der Waals surface area contributed by atoms with Crippen molar-refractivity contribution in [1.82, 2.24) is 15.0 Å². The molecule has 3 aromatic rings. The number of benzene rings is 1. The molecular formula is C21H27N5O2. The standard InChI is InChI=1S/C21H27N5O2/c1-3-4-8-17(13-27)26(2)20-19(12-23-21(22)25-20)28-14-16-11-10-15-7-5-6-9-18(15)24-16/h5-7,9-12,17,27H,3-4,8,13-14H2,1-2H3,(H2,22,23,25)/t17-/m0/s1. The van der Waals surface area contributed by atoms with Crippen molar-refractivity contribution in [2.24, 2.45) is 0 Å². The van der Waals surface area contributed by atoms with E-state index in [1.54, 1.807) is 6.20 Å². The first-order chi connectivity index (χ1) is 13.6. The molecule has 0 bridgehead atoms. The summed E-state index contributed by atoms with van der Waals surface area (Å²) in [5.41, 5.74) is 7.54. The Labute approximate surface area is 165 Å². The maximum absolute atomic E-state index is 9.79. The number of anilines is 2. The monoisotopic (exact) mass is 381 g/mol. The molecule has 0 spiro atoms. The lowest BCUT2D eigenvalue weighted by Crippen LogP contribution is -2.35.